The first kappa shape index (κ1) is 15.3. The number of aromatic nitrogens is 1. The predicted molar refractivity (Wildman–Crippen MR) is 81.9 cm³/mol. The molecule has 1 amide bonds. The molecule has 0 unspecified atom stereocenters. The summed E-state index contributed by atoms with van der Waals surface area (Å²) in [5.74, 6) is -0.871. The van der Waals surface area contributed by atoms with Crippen molar-refractivity contribution in [2.75, 3.05) is 13.2 Å². The van der Waals surface area contributed by atoms with Gasteiger partial charge in [-0.15, -0.1) is 0 Å². The van der Waals surface area contributed by atoms with Gasteiger partial charge in [0.15, 0.2) is 6.61 Å². The van der Waals surface area contributed by atoms with E-state index in [4.69, 9.17) is 4.74 Å². The molecule has 0 fully saturated rings. The molecule has 2 aromatic rings. The molecule has 0 aliphatic rings. The van der Waals surface area contributed by atoms with Gasteiger partial charge in [0.05, 0.1) is 0 Å². The number of carbonyl (C=O) groups is 2. The van der Waals surface area contributed by atoms with Crippen LogP contribution in [0.25, 0.3) is 0 Å². The van der Waals surface area contributed by atoms with Crippen molar-refractivity contribution in [3.8, 4) is 0 Å². The lowest BCUT2D eigenvalue weighted by atomic mass is 10.1. The average molecular weight is 351 g/mol. The highest BCUT2D eigenvalue weighted by atomic mass is 79.9. The summed E-state index contributed by atoms with van der Waals surface area (Å²) < 4.78 is 5.65. The van der Waals surface area contributed by atoms with Crippen LogP contribution in [0.5, 0.6) is 0 Å². The van der Waals surface area contributed by atoms with Crippen molar-refractivity contribution in [2.24, 2.45) is 0 Å². The molecule has 2 rings (SSSR count). The van der Waals surface area contributed by atoms with Gasteiger partial charge in [-0.3, -0.25) is 4.79 Å². The number of hydrogen-bond acceptors (Lipinski definition) is 3. The highest BCUT2D eigenvalue weighted by Gasteiger charge is 2.11. The van der Waals surface area contributed by atoms with Gasteiger partial charge in [0.25, 0.3) is 5.91 Å². The molecular weight excluding hydrogens is 336 g/mol. The van der Waals surface area contributed by atoms with Gasteiger partial charge in [-0.05, 0) is 34.0 Å². The van der Waals surface area contributed by atoms with Gasteiger partial charge in [-0.2, -0.15) is 0 Å². The van der Waals surface area contributed by atoms with Gasteiger partial charge >= 0.3 is 5.97 Å². The van der Waals surface area contributed by atoms with Crippen molar-refractivity contribution >= 4 is 27.8 Å². The van der Waals surface area contributed by atoms with Crippen LogP contribution in [0.3, 0.4) is 0 Å². The van der Waals surface area contributed by atoms with E-state index in [9.17, 15) is 9.59 Å². The Hall–Kier alpha value is -2.08. The molecule has 1 aromatic heterocycles. The molecule has 1 aromatic carbocycles. The maximum Gasteiger partial charge on any atom is 0.355 e. The van der Waals surface area contributed by atoms with Crippen molar-refractivity contribution < 1.29 is 14.3 Å². The maximum atomic E-state index is 11.6. The maximum absolute atomic E-state index is 11.6. The van der Waals surface area contributed by atoms with Crippen LogP contribution in [-0.2, 0) is 16.0 Å². The smallest absolute Gasteiger partial charge is 0.355 e. The van der Waals surface area contributed by atoms with Crippen molar-refractivity contribution in [3.05, 3.63) is 58.3 Å². The number of aromatic amines is 1. The second-order valence-corrected chi connectivity index (χ2v) is 5.31. The van der Waals surface area contributed by atoms with Crippen LogP contribution in [0.4, 0.5) is 0 Å². The van der Waals surface area contributed by atoms with Crippen LogP contribution in [0, 0.1) is 0 Å². The van der Waals surface area contributed by atoms with Gasteiger partial charge in [-0.25, -0.2) is 4.79 Å². The lowest BCUT2D eigenvalue weighted by molar-refractivity contribution is -0.124. The molecule has 1 heterocycles. The van der Waals surface area contributed by atoms with E-state index in [1.54, 1.807) is 12.3 Å². The van der Waals surface area contributed by atoms with Crippen LogP contribution in [-0.4, -0.2) is 30.0 Å². The molecule has 110 valence electrons. The standard InChI is InChI=1S/C15H15BrN2O3/c16-12-8-13(18-9-12)15(20)21-10-14(19)17-7-6-11-4-2-1-3-5-11/h1-5,8-9,18H,6-7,10H2,(H,17,19). The molecule has 0 saturated carbocycles. The Bertz CT molecular complexity index is 610. The molecular formula is C15H15BrN2O3. The molecule has 0 spiro atoms. The van der Waals surface area contributed by atoms with Crippen molar-refractivity contribution in [1.82, 2.24) is 10.3 Å². The molecule has 21 heavy (non-hydrogen) atoms. The van der Waals surface area contributed by atoms with E-state index < -0.39 is 5.97 Å². The number of ether oxygens (including phenoxy) is 1. The zero-order valence-electron chi connectivity index (χ0n) is 11.3. The summed E-state index contributed by atoms with van der Waals surface area (Å²) in [6, 6.07) is 11.4. The highest BCUT2D eigenvalue weighted by Crippen LogP contribution is 2.11. The van der Waals surface area contributed by atoms with Crippen molar-refractivity contribution in [2.45, 2.75) is 6.42 Å². The summed E-state index contributed by atoms with van der Waals surface area (Å²) in [6.45, 7) is 0.221. The number of benzene rings is 1. The largest absolute Gasteiger partial charge is 0.451 e. The number of H-pyrrole nitrogens is 1. The Balaban J connectivity index is 1.67. The Kier molecular flexibility index (Phi) is 5.57. The zero-order valence-corrected chi connectivity index (χ0v) is 12.9. The fourth-order valence-electron chi connectivity index (χ4n) is 1.74. The van der Waals surface area contributed by atoms with E-state index in [1.165, 1.54) is 0 Å². The van der Waals surface area contributed by atoms with E-state index in [0.29, 0.717) is 12.2 Å². The number of rotatable bonds is 6. The van der Waals surface area contributed by atoms with Gasteiger partial charge in [0, 0.05) is 17.2 Å². The summed E-state index contributed by atoms with van der Waals surface area (Å²) in [6.07, 6.45) is 2.36. The van der Waals surface area contributed by atoms with Crippen LogP contribution >= 0.6 is 15.9 Å². The topological polar surface area (TPSA) is 71.2 Å². The van der Waals surface area contributed by atoms with Crippen LogP contribution < -0.4 is 5.32 Å². The Morgan fingerprint density at radius 3 is 2.67 bits per heavy atom. The SMILES string of the molecule is O=C(COC(=O)c1cc(Br)c[nH]1)NCCc1ccccc1. The molecule has 0 aliphatic heterocycles. The summed E-state index contributed by atoms with van der Waals surface area (Å²) >= 11 is 3.22. The van der Waals surface area contributed by atoms with Gasteiger partial charge in [-0.1, -0.05) is 30.3 Å². The fourth-order valence-corrected chi connectivity index (χ4v) is 2.08. The van der Waals surface area contributed by atoms with Gasteiger partial charge in [0.2, 0.25) is 0 Å². The van der Waals surface area contributed by atoms with E-state index in [1.807, 2.05) is 30.3 Å². The number of amides is 1. The monoisotopic (exact) mass is 350 g/mol. The first-order chi connectivity index (χ1) is 10.1. The summed E-state index contributed by atoms with van der Waals surface area (Å²) in [4.78, 5) is 25.9. The molecule has 6 heteroatoms. The molecule has 0 bridgehead atoms. The molecule has 0 saturated heterocycles. The summed E-state index contributed by atoms with van der Waals surface area (Å²) in [7, 11) is 0. The zero-order chi connectivity index (χ0) is 15.1. The third-order valence-electron chi connectivity index (χ3n) is 2.78. The van der Waals surface area contributed by atoms with E-state index in [-0.39, 0.29) is 12.5 Å². The van der Waals surface area contributed by atoms with Crippen LogP contribution in [0.15, 0.2) is 47.1 Å². The molecule has 5 nitrogen and oxygen atoms in total. The minimum atomic E-state index is -0.557. The van der Waals surface area contributed by atoms with E-state index >= 15 is 0 Å². The minimum absolute atomic E-state index is 0.287. The number of hydrogen-bond donors (Lipinski definition) is 2. The van der Waals surface area contributed by atoms with Crippen molar-refractivity contribution in [3.63, 3.8) is 0 Å². The number of esters is 1. The van der Waals surface area contributed by atoms with Crippen LogP contribution in [0.1, 0.15) is 16.1 Å². The molecule has 2 N–H and O–H groups in total. The third kappa shape index (κ3) is 5.07. The fraction of sp³-hybridized carbons (Fsp3) is 0.200. The second kappa shape index (κ2) is 7.64. The van der Waals surface area contributed by atoms with Crippen molar-refractivity contribution in [1.29, 1.82) is 0 Å². The quantitative estimate of drug-likeness (QED) is 0.785. The Morgan fingerprint density at radius 2 is 2.00 bits per heavy atom. The van der Waals surface area contributed by atoms with Gasteiger partial charge < -0.3 is 15.0 Å². The highest BCUT2D eigenvalue weighted by molar-refractivity contribution is 9.10. The number of nitrogens with one attached hydrogen (secondary N) is 2. The minimum Gasteiger partial charge on any atom is -0.451 e. The molecule has 0 radical (unpaired) electrons. The molecule has 0 atom stereocenters. The first-order valence-corrected chi connectivity index (χ1v) is 7.26. The first-order valence-electron chi connectivity index (χ1n) is 6.47. The second-order valence-electron chi connectivity index (χ2n) is 4.39. The van der Waals surface area contributed by atoms with Crippen LogP contribution in [0.2, 0.25) is 0 Å². The number of halogens is 1. The third-order valence-corrected chi connectivity index (χ3v) is 3.24. The van der Waals surface area contributed by atoms with E-state index in [2.05, 4.69) is 26.2 Å². The number of carbonyl (C=O) groups excluding carboxylic acids is 2. The van der Waals surface area contributed by atoms with Gasteiger partial charge in [0.1, 0.15) is 5.69 Å². The average Bonchev–Trinajstić information content (AvgIpc) is 2.92. The predicted octanol–water partition coefficient (Wildman–Crippen LogP) is 2.29. The van der Waals surface area contributed by atoms with E-state index in [0.717, 1.165) is 16.5 Å². The normalized spacial score (nSPS) is 10.1. The summed E-state index contributed by atoms with van der Waals surface area (Å²) in [5.41, 5.74) is 1.45. The summed E-state index contributed by atoms with van der Waals surface area (Å²) in [5, 5.41) is 2.71. The Labute approximate surface area is 130 Å². The molecule has 0 aliphatic carbocycles. The lowest BCUT2D eigenvalue weighted by Gasteiger charge is -2.06. The lowest BCUT2D eigenvalue weighted by Crippen LogP contribution is -2.30. The Morgan fingerprint density at radius 1 is 1.24 bits per heavy atom.